The van der Waals surface area contributed by atoms with Crippen molar-refractivity contribution in [3.63, 3.8) is 0 Å². The number of pyridine rings is 3. The Hall–Kier alpha value is -6.31. The SMILES string of the molecule is C[n+]1cccc(-c2c3nc(c(-c4ccccc4)c4ccc(s4)c(-c4ccc[n+](C)c4)c4nc(c(-c5ccc[n+](C)c5)c5ccc2[nH]5)C=C4)C=C3)c1. The van der Waals surface area contributed by atoms with Gasteiger partial charge in [0.1, 0.15) is 21.1 Å². The van der Waals surface area contributed by atoms with Crippen LogP contribution < -0.4 is 13.7 Å². The van der Waals surface area contributed by atoms with E-state index < -0.39 is 0 Å². The molecule has 0 radical (unpaired) electrons. The summed E-state index contributed by atoms with van der Waals surface area (Å²) in [7, 11) is 6.17. The van der Waals surface area contributed by atoms with Gasteiger partial charge in [-0.3, -0.25) is 0 Å². The van der Waals surface area contributed by atoms with Crippen LogP contribution in [0.5, 0.6) is 0 Å². The molecule has 2 aliphatic heterocycles. The summed E-state index contributed by atoms with van der Waals surface area (Å²) in [5.74, 6) is 0. The highest BCUT2D eigenvalue weighted by molar-refractivity contribution is 7.24. The second kappa shape index (κ2) is 12.5. The molecule has 8 bridgehead atoms. The van der Waals surface area contributed by atoms with Crippen LogP contribution in [0.3, 0.4) is 0 Å². The first-order valence-electron chi connectivity index (χ1n) is 17.0. The molecule has 1 aromatic carbocycles. The Morgan fingerprint density at radius 3 is 1.27 bits per heavy atom. The Labute approximate surface area is 300 Å². The van der Waals surface area contributed by atoms with E-state index in [2.05, 4.69) is 192 Å². The molecule has 0 atom stereocenters. The molecular weight excluding hydrogens is 645 g/mol. The number of aromatic nitrogens is 6. The molecule has 0 aliphatic carbocycles. The van der Waals surface area contributed by atoms with Gasteiger partial charge in [-0.15, -0.1) is 11.3 Å². The van der Waals surface area contributed by atoms with Crippen molar-refractivity contribution in [2.75, 3.05) is 0 Å². The number of hydrogen-bond acceptors (Lipinski definition) is 3. The van der Waals surface area contributed by atoms with Gasteiger partial charge in [-0.2, -0.15) is 0 Å². The lowest BCUT2D eigenvalue weighted by Crippen LogP contribution is -2.26. The Kier molecular flexibility index (Phi) is 7.55. The maximum Gasteiger partial charge on any atom is 0.176 e. The minimum atomic E-state index is 0.907. The van der Waals surface area contributed by atoms with Crippen molar-refractivity contribution in [3.05, 3.63) is 151 Å². The predicted molar refractivity (Wildman–Crippen MR) is 208 cm³/mol. The zero-order valence-electron chi connectivity index (χ0n) is 28.6. The van der Waals surface area contributed by atoms with Crippen LogP contribution in [0.25, 0.3) is 89.2 Å². The summed E-state index contributed by atoms with van der Waals surface area (Å²) in [6.45, 7) is 0. The number of nitrogens with one attached hydrogen (secondary N) is 1. The van der Waals surface area contributed by atoms with Gasteiger partial charge in [0.25, 0.3) is 0 Å². The average molecular weight is 680 g/mol. The molecule has 0 saturated carbocycles. The quantitative estimate of drug-likeness (QED) is 0.190. The Morgan fingerprint density at radius 2 is 0.824 bits per heavy atom. The standard InChI is InChI=1S/C44H35N6S/c1-48-23-7-12-30(26-48)41-33-15-16-34(45-33)42(31-13-8-24-49(2)27-31)36-18-20-38(47-36)44(32-14-9-25-50(3)28-32)40-22-21-39(51-40)43(29-10-5-4-6-11-29)37-19-17-35(41)46-37/h4-28,45H,1-3H3/q+3. The van der Waals surface area contributed by atoms with E-state index in [1.807, 2.05) is 0 Å². The molecule has 0 saturated heterocycles. The van der Waals surface area contributed by atoms with E-state index in [-0.39, 0.29) is 0 Å². The number of benzene rings is 1. The zero-order chi connectivity index (χ0) is 34.5. The predicted octanol–water partition coefficient (Wildman–Crippen LogP) is 8.53. The van der Waals surface area contributed by atoms with Gasteiger partial charge in [-0.05, 0) is 72.3 Å². The summed E-state index contributed by atoms with van der Waals surface area (Å²) in [5.41, 5.74) is 14.3. The highest BCUT2D eigenvalue weighted by atomic mass is 32.1. The molecule has 1 N–H and O–H groups in total. The third kappa shape index (κ3) is 5.67. The highest BCUT2D eigenvalue weighted by Crippen LogP contribution is 2.40. The minimum Gasteiger partial charge on any atom is -0.354 e. The number of thiophene rings is 1. The van der Waals surface area contributed by atoms with E-state index in [4.69, 9.17) is 9.97 Å². The van der Waals surface area contributed by atoms with Crippen molar-refractivity contribution in [2.24, 2.45) is 21.1 Å². The van der Waals surface area contributed by atoms with Crippen molar-refractivity contribution in [3.8, 4) is 44.5 Å². The number of rotatable bonds is 4. The molecule has 8 heterocycles. The number of nitrogens with zero attached hydrogens (tertiary/aromatic N) is 5. The third-order valence-corrected chi connectivity index (χ3v) is 10.5. The second-order valence-corrected chi connectivity index (χ2v) is 14.1. The van der Waals surface area contributed by atoms with Crippen LogP contribution in [0, 0.1) is 0 Å². The molecule has 7 aromatic rings. The molecule has 9 rings (SSSR count). The van der Waals surface area contributed by atoms with Gasteiger partial charge in [0, 0.05) is 77.6 Å². The summed E-state index contributed by atoms with van der Waals surface area (Å²) < 4.78 is 8.56. The number of aryl methyl sites for hydroxylation is 3. The first kappa shape index (κ1) is 30.7. The van der Waals surface area contributed by atoms with E-state index in [0.717, 1.165) is 87.7 Å². The minimum absolute atomic E-state index is 0.907. The molecule has 7 heteroatoms. The Balaban J connectivity index is 1.49. The summed E-state index contributed by atoms with van der Waals surface area (Å²) in [6, 6.07) is 32.2. The first-order chi connectivity index (χ1) is 25.0. The summed E-state index contributed by atoms with van der Waals surface area (Å²) in [5, 5.41) is 0. The molecule has 51 heavy (non-hydrogen) atoms. The summed E-state index contributed by atoms with van der Waals surface area (Å²) >= 11 is 1.78. The van der Waals surface area contributed by atoms with Crippen molar-refractivity contribution in [1.82, 2.24) is 15.0 Å². The summed E-state index contributed by atoms with van der Waals surface area (Å²) in [6.07, 6.45) is 21.3. The van der Waals surface area contributed by atoms with E-state index >= 15 is 0 Å². The van der Waals surface area contributed by atoms with Gasteiger partial charge < -0.3 is 4.98 Å². The fourth-order valence-corrected chi connectivity index (χ4v) is 8.26. The lowest BCUT2D eigenvalue weighted by molar-refractivity contribution is -0.671. The molecule has 6 nitrogen and oxygen atoms in total. The van der Waals surface area contributed by atoms with Gasteiger partial charge >= 0.3 is 0 Å². The Bertz CT molecular complexity index is 2690. The zero-order valence-corrected chi connectivity index (χ0v) is 29.4. The van der Waals surface area contributed by atoms with E-state index in [1.165, 1.54) is 0 Å². The van der Waals surface area contributed by atoms with Crippen molar-refractivity contribution in [2.45, 2.75) is 0 Å². The van der Waals surface area contributed by atoms with Crippen LogP contribution in [0.2, 0.25) is 0 Å². The van der Waals surface area contributed by atoms with Crippen LogP contribution >= 0.6 is 11.3 Å². The van der Waals surface area contributed by atoms with Crippen LogP contribution in [-0.2, 0) is 21.1 Å². The van der Waals surface area contributed by atoms with Gasteiger partial charge in [0.15, 0.2) is 37.2 Å². The first-order valence-corrected chi connectivity index (χ1v) is 17.8. The smallest absolute Gasteiger partial charge is 0.176 e. The number of H-pyrrole nitrogens is 1. The number of hydrogen-bond donors (Lipinski definition) is 1. The van der Waals surface area contributed by atoms with Crippen LogP contribution in [0.15, 0.2) is 128 Å². The van der Waals surface area contributed by atoms with Crippen molar-refractivity contribution >= 4 is 56.1 Å². The van der Waals surface area contributed by atoms with E-state index in [0.29, 0.717) is 0 Å². The fraction of sp³-hybridized carbons (Fsp3) is 0.0682. The summed E-state index contributed by atoms with van der Waals surface area (Å²) in [4.78, 5) is 14.7. The van der Waals surface area contributed by atoms with Crippen LogP contribution in [-0.4, -0.2) is 15.0 Å². The van der Waals surface area contributed by atoms with E-state index in [1.54, 1.807) is 11.3 Å². The number of aromatic amines is 1. The Morgan fingerprint density at radius 1 is 0.431 bits per heavy atom. The molecule has 0 spiro atoms. The topological polar surface area (TPSA) is 53.2 Å². The lowest BCUT2D eigenvalue weighted by atomic mass is 10.0. The van der Waals surface area contributed by atoms with Crippen molar-refractivity contribution < 1.29 is 13.7 Å². The maximum atomic E-state index is 5.42. The monoisotopic (exact) mass is 679 g/mol. The van der Waals surface area contributed by atoms with Crippen LogP contribution in [0.1, 0.15) is 22.8 Å². The molecular formula is C44H35N6S+3. The molecule has 2 aliphatic rings. The van der Waals surface area contributed by atoms with Crippen molar-refractivity contribution in [1.29, 1.82) is 0 Å². The second-order valence-electron chi connectivity index (χ2n) is 13.0. The van der Waals surface area contributed by atoms with E-state index in [9.17, 15) is 0 Å². The molecule has 0 amide bonds. The molecule has 0 unspecified atom stereocenters. The molecule has 6 aromatic heterocycles. The molecule has 244 valence electrons. The van der Waals surface area contributed by atoms with Gasteiger partial charge in [-0.25, -0.2) is 23.7 Å². The van der Waals surface area contributed by atoms with Gasteiger partial charge in [0.05, 0.1) is 22.8 Å². The molecule has 0 fully saturated rings. The maximum absolute atomic E-state index is 5.42. The fourth-order valence-electron chi connectivity index (χ4n) is 7.10. The number of fused-ring (bicyclic) bond motifs is 8. The van der Waals surface area contributed by atoms with Gasteiger partial charge in [0.2, 0.25) is 0 Å². The average Bonchev–Trinajstić information content (AvgIpc) is 3.97. The lowest BCUT2D eigenvalue weighted by Gasteiger charge is -2.05. The normalized spacial score (nSPS) is 12.1. The van der Waals surface area contributed by atoms with Crippen LogP contribution in [0.4, 0.5) is 0 Å². The third-order valence-electron chi connectivity index (χ3n) is 9.38. The largest absolute Gasteiger partial charge is 0.354 e. The van der Waals surface area contributed by atoms with Gasteiger partial charge in [-0.1, -0.05) is 30.3 Å². The highest BCUT2D eigenvalue weighted by Gasteiger charge is 2.20.